The van der Waals surface area contributed by atoms with E-state index in [2.05, 4.69) is 23.5 Å². The summed E-state index contributed by atoms with van der Waals surface area (Å²) in [6.45, 7) is 6.42. The highest BCUT2D eigenvalue weighted by Gasteiger charge is 2.01. The lowest BCUT2D eigenvalue weighted by Gasteiger charge is -2.13. The number of hydrogen-bond donors (Lipinski definition) is 1. The van der Waals surface area contributed by atoms with Crippen LogP contribution >= 0.6 is 0 Å². The molecule has 17 heavy (non-hydrogen) atoms. The average Bonchev–Trinajstić information content (AvgIpc) is 2.33. The van der Waals surface area contributed by atoms with E-state index in [1.54, 1.807) is 7.11 Å². The molecular formula is C14H23NO2. The molecule has 0 heterocycles. The predicted molar refractivity (Wildman–Crippen MR) is 71.6 cm³/mol. The molecule has 1 N–H and O–H groups in total. The number of benzene rings is 1. The number of anilines is 1. The largest absolute Gasteiger partial charge is 0.384 e. The molecule has 0 saturated carbocycles. The van der Waals surface area contributed by atoms with Gasteiger partial charge in [0.05, 0.1) is 19.3 Å². The molecule has 0 aliphatic carbocycles. The summed E-state index contributed by atoms with van der Waals surface area (Å²) in [7, 11) is 1.73. The number of rotatable bonds is 8. The summed E-state index contributed by atoms with van der Waals surface area (Å²) in [6.07, 6.45) is 1.23. The molecule has 0 fully saturated rings. The molecule has 0 aliphatic rings. The van der Waals surface area contributed by atoms with Crippen LogP contribution in [0.2, 0.25) is 0 Å². The molecule has 0 amide bonds. The molecule has 0 atom stereocenters. The Morgan fingerprint density at radius 1 is 1.18 bits per heavy atom. The van der Waals surface area contributed by atoms with Crippen molar-refractivity contribution in [2.75, 3.05) is 32.2 Å². The Morgan fingerprint density at radius 3 is 2.65 bits per heavy atom. The van der Waals surface area contributed by atoms with Crippen LogP contribution in [0.5, 0.6) is 0 Å². The summed E-state index contributed by atoms with van der Waals surface area (Å²) in [4.78, 5) is 0. The van der Waals surface area contributed by atoms with Crippen LogP contribution in [-0.4, -0.2) is 33.0 Å². The normalized spacial score (nSPS) is 10.8. The summed E-state index contributed by atoms with van der Waals surface area (Å²) >= 11 is 0. The summed E-state index contributed by atoms with van der Waals surface area (Å²) in [5.41, 5.74) is 2.47. The van der Waals surface area contributed by atoms with Crippen LogP contribution in [0.15, 0.2) is 24.3 Å². The van der Waals surface area contributed by atoms with Crippen LogP contribution in [0.1, 0.15) is 19.4 Å². The van der Waals surface area contributed by atoms with E-state index in [0.29, 0.717) is 6.10 Å². The molecule has 1 aromatic rings. The number of hydrogen-bond acceptors (Lipinski definition) is 3. The average molecular weight is 237 g/mol. The second-order valence-electron chi connectivity index (χ2n) is 4.25. The van der Waals surface area contributed by atoms with Gasteiger partial charge < -0.3 is 14.8 Å². The summed E-state index contributed by atoms with van der Waals surface area (Å²) in [5.74, 6) is 0. The molecule has 1 rings (SSSR count). The van der Waals surface area contributed by atoms with E-state index in [0.717, 1.165) is 26.2 Å². The minimum absolute atomic E-state index is 0.292. The third kappa shape index (κ3) is 5.71. The molecule has 3 nitrogen and oxygen atoms in total. The molecular weight excluding hydrogens is 214 g/mol. The summed E-state index contributed by atoms with van der Waals surface area (Å²) in [6, 6.07) is 8.33. The molecule has 0 unspecified atom stereocenters. The maximum absolute atomic E-state index is 5.50. The van der Waals surface area contributed by atoms with Crippen LogP contribution in [0.25, 0.3) is 0 Å². The standard InChI is InChI=1S/C14H23NO2/c1-12(2)17-11-9-15-14-7-5-4-6-13(14)8-10-16-3/h4-7,12,15H,8-11H2,1-3H3. The molecule has 0 saturated heterocycles. The zero-order valence-electron chi connectivity index (χ0n) is 11.0. The fraction of sp³-hybridized carbons (Fsp3) is 0.571. The van der Waals surface area contributed by atoms with Crippen molar-refractivity contribution in [2.24, 2.45) is 0 Å². The second kappa shape index (κ2) is 8.09. The van der Waals surface area contributed by atoms with E-state index < -0.39 is 0 Å². The first-order chi connectivity index (χ1) is 8.24. The van der Waals surface area contributed by atoms with Crippen LogP contribution in [0.4, 0.5) is 5.69 Å². The van der Waals surface area contributed by atoms with Gasteiger partial charge in [-0.3, -0.25) is 0 Å². The van der Waals surface area contributed by atoms with Crippen molar-refractivity contribution in [3.63, 3.8) is 0 Å². The zero-order chi connectivity index (χ0) is 12.5. The van der Waals surface area contributed by atoms with Gasteiger partial charge in [-0.25, -0.2) is 0 Å². The molecule has 1 aromatic carbocycles. The van der Waals surface area contributed by atoms with Crippen molar-refractivity contribution in [1.82, 2.24) is 0 Å². The molecule has 0 spiro atoms. The molecule has 96 valence electrons. The number of ether oxygens (including phenoxy) is 2. The second-order valence-corrected chi connectivity index (χ2v) is 4.25. The van der Waals surface area contributed by atoms with Crippen molar-refractivity contribution < 1.29 is 9.47 Å². The van der Waals surface area contributed by atoms with E-state index in [1.165, 1.54) is 11.3 Å². The van der Waals surface area contributed by atoms with Gasteiger partial charge in [0.2, 0.25) is 0 Å². The van der Waals surface area contributed by atoms with Gasteiger partial charge in [-0.05, 0) is 31.9 Å². The Bertz CT molecular complexity index is 313. The van der Waals surface area contributed by atoms with E-state index in [-0.39, 0.29) is 0 Å². The fourth-order valence-electron chi connectivity index (χ4n) is 1.60. The summed E-state index contributed by atoms with van der Waals surface area (Å²) in [5, 5.41) is 3.40. The lowest BCUT2D eigenvalue weighted by Crippen LogP contribution is -2.14. The smallest absolute Gasteiger partial charge is 0.0642 e. The van der Waals surface area contributed by atoms with Crippen LogP contribution in [-0.2, 0) is 15.9 Å². The maximum Gasteiger partial charge on any atom is 0.0642 e. The van der Waals surface area contributed by atoms with Crippen LogP contribution in [0.3, 0.4) is 0 Å². The number of para-hydroxylation sites is 1. The third-order valence-corrected chi connectivity index (χ3v) is 2.46. The van der Waals surface area contributed by atoms with Crippen molar-refractivity contribution in [3.8, 4) is 0 Å². The molecule has 3 heteroatoms. The molecule has 0 bridgehead atoms. The minimum atomic E-state index is 0.292. The SMILES string of the molecule is COCCc1ccccc1NCCOC(C)C. The fourth-order valence-corrected chi connectivity index (χ4v) is 1.60. The third-order valence-electron chi connectivity index (χ3n) is 2.46. The van der Waals surface area contributed by atoms with Crippen molar-refractivity contribution >= 4 is 5.69 Å². The van der Waals surface area contributed by atoms with Gasteiger partial charge in [-0.15, -0.1) is 0 Å². The molecule has 0 aliphatic heterocycles. The highest BCUT2D eigenvalue weighted by molar-refractivity contribution is 5.51. The van der Waals surface area contributed by atoms with Crippen molar-refractivity contribution in [2.45, 2.75) is 26.4 Å². The van der Waals surface area contributed by atoms with Crippen LogP contribution in [0, 0.1) is 0 Å². The van der Waals surface area contributed by atoms with Gasteiger partial charge in [0.25, 0.3) is 0 Å². The van der Waals surface area contributed by atoms with Gasteiger partial charge in [0, 0.05) is 19.3 Å². The molecule has 0 radical (unpaired) electrons. The van der Waals surface area contributed by atoms with Gasteiger partial charge >= 0.3 is 0 Å². The minimum Gasteiger partial charge on any atom is -0.384 e. The van der Waals surface area contributed by atoms with Crippen molar-refractivity contribution in [3.05, 3.63) is 29.8 Å². The first-order valence-electron chi connectivity index (χ1n) is 6.16. The predicted octanol–water partition coefficient (Wildman–Crippen LogP) is 2.71. The lowest BCUT2D eigenvalue weighted by molar-refractivity contribution is 0.0870. The van der Waals surface area contributed by atoms with E-state index >= 15 is 0 Å². The van der Waals surface area contributed by atoms with Crippen molar-refractivity contribution in [1.29, 1.82) is 0 Å². The number of nitrogens with one attached hydrogen (secondary N) is 1. The molecule has 0 aromatic heterocycles. The number of methoxy groups -OCH3 is 1. The highest BCUT2D eigenvalue weighted by Crippen LogP contribution is 2.15. The Labute approximate surface area is 104 Å². The van der Waals surface area contributed by atoms with Crippen LogP contribution < -0.4 is 5.32 Å². The topological polar surface area (TPSA) is 30.5 Å². The lowest BCUT2D eigenvalue weighted by atomic mass is 10.1. The Balaban J connectivity index is 2.40. The Morgan fingerprint density at radius 2 is 1.94 bits per heavy atom. The Hall–Kier alpha value is -1.06. The van der Waals surface area contributed by atoms with E-state index in [4.69, 9.17) is 9.47 Å². The Kier molecular flexibility index (Phi) is 6.67. The van der Waals surface area contributed by atoms with Gasteiger partial charge in [0.15, 0.2) is 0 Å². The maximum atomic E-state index is 5.50. The first kappa shape index (κ1) is 14.0. The quantitative estimate of drug-likeness (QED) is 0.705. The zero-order valence-corrected chi connectivity index (χ0v) is 11.0. The summed E-state index contributed by atoms with van der Waals surface area (Å²) < 4.78 is 10.6. The van der Waals surface area contributed by atoms with E-state index in [9.17, 15) is 0 Å². The highest BCUT2D eigenvalue weighted by atomic mass is 16.5. The first-order valence-corrected chi connectivity index (χ1v) is 6.16. The monoisotopic (exact) mass is 237 g/mol. The van der Waals surface area contributed by atoms with E-state index in [1.807, 2.05) is 19.9 Å². The van der Waals surface area contributed by atoms with Gasteiger partial charge in [0.1, 0.15) is 0 Å². The van der Waals surface area contributed by atoms with Gasteiger partial charge in [-0.2, -0.15) is 0 Å². The van der Waals surface area contributed by atoms with Gasteiger partial charge in [-0.1, -0.05) is 18.2 Å².